The molecule has 0 atom stereocenters. The molecule has 2 rings (SSSR count). The van der Waals surface area contributed by atoms with Crippen molar-refractivity contribution in [3.8, 4) is 0 Å². The molecule has 19 heavy (non-hydrogen) atoms. The second-order valence-corrected chi connectivity index (χ2v) is 4.25. The third-order valence-electron chi connectivity index (χ3n) is 2.76. The summed E-state index contributed by atoms with van der Waals surface area (Å²) in [7, 11) is 0. The third kappa shape index (κ3) is 3.26. The Morgan fingerprint density at radius 3 is 2.32 bits per heavy atom. The fourth-order valence-electron chi connectivity index (χ4n) is 1.82. The van der Waals surface area contributed by atoms with Crippen molar-refractivity contribution in [1.29, 1.82) is 0 Å². The lowest BCUT2D eigenvalue weighted by atomic mass is 9.98. The van der Waals surface area contributed by atoms with E-state index in [2.05, 4.69) is 0 Å². The fraction of sp³-hybridized carbons (Fsp3) is 0.0588. The van der Waals surface area contributed by atoms with Gasteiger partial charge in [0, 0.05) is 0 Å². The van der Waals surface area contributed by atoms with Crippen LogP contribution in [0.1, 0.15) is 23.6 Å². The largest absolute Gasteiger partial charge is 0.354 e. The Labute approximate surface area is 112 Å². The quantitative estimate of drug-likeness (QED) is 0.467. The van der Waals surface area contributed by atoms with Gasteiger partial charge in [-0.15, -0.1) is 0 Å². The van der Waals surface area contributed by atoms with Crippen molar-refractivity contribution in [2.24, 2.45) is 0 Å². The fourth-order valence-corrected chi connectivity index (χ4v) is 1.82. The van der Waals surface area contributed by atoms with Crippen molar-refractivity contribution < 1.29 is 9.59 Å². The summed E-state index contributed by atoms with van der Waals surface area (Å²) in [6.45, 7) is 1.50. The van der Waals surface area contributed by atoms with Crippen LogP contribution in [0.4, 0.5) is 0 Å². The molecule has 0 radical (unpaired) electrons. The van der Waals surface area contributed by atoms with Crippen molar-refractivity contribution in [3.63, 3.8) is 0 Å². The maximum Gasteiger partial charge on any atom is 0.354 e. The molecule has 0 bridgehead atoms. The number of carbonyl (C=O) groups is 1. The molecule has 0 spiro atoms. The lowest BCUT2D eigenvalue weighted by molar-refractivity contribution is -0.112. The van der Waals surface area contributed by atoms with Crippen LogP contribution in [0.3, 0.4) is 0 Å². The summed E-state index contributed by atoms with van der Waals surface area (Å²) in [5.41, 5.74) is 2.29. The highest BCUT2D eigenvalue weighted by atomic mass is 16.1. The molecule has 0 aliphatic heterocycles. The molecule has 0 unspecified atom stereocenters. The number of benzene rings is 2. The Kier molecular flexibility index (Phi) is 4.04. The molecule has 0 aliphatic rings. The molecule has 2 aromatic carbocycles. The minimum absolute atomic E-state index is 0.0194. The van der Waals surface area contributed by atoms with Crippen molar-refractivity contribution in [2.75, 3.05) is 0 Å². The molecular weight excluding hydrogens is 236 g/mol. The zero-order chi connectivity index (χ0) is 13.7. The molecule has 0 amide bonds. The topological polar surface area (TPSA) is 38.5 Å². The number of hydrogen-bond acceptors (Lipinski definition) is 1. The number of ketones is 2. The van der Waals surface area contributed by atoms with Crippen LogP contribution in [-0.2, 0) is 4.79 Å². The van der Waals surface area contributed by atoms with Gasteiger partial charge < -0.3 is 0 Å². The van der Waals surface area contributed by atoms with E-state index in [0.29, 0.717) is 5.56 Å². The van der Waals surface area contributed by atoms with Gasteiger partial charge in [-0.3, -0.25) is 9.59 Å². The van der Waals surface area contributed by atoms with E-state index in [-0.39, 0.29) is 11.6 Å². The first-order valence-corrected chi connectivity index (χ1v) is 6.08. The second-order valence-electron chi connectivity index (χ2n) is 4.25. The smallest absolute Gasteiger partial charge is 0.295 e. The van der Waals surface area contributed by atoms with Gasteiger partial charge in [-0.2, -0.15) is 0 Å². The normalized spacial score (nSPS) is 10.6. The highest BCUT2D eigenvalue weighted by molar-refractivity contribution is 6.11. The van der Waals surface area contributed by atoms with E-state index in [9.17, 15) is 9.59 Å². The van der Waals surface area contributed by atoms with E-state index in [0.717, 1.165) is 11.1 Å². The Morgan fingerprint density at radius 1 is 1.00 bits per heavy atom. The second kappa shape index (κ2) is 5.91. The van der Waals surface area contributed by atoms with Crippen molar-refractivity contribution in [1.82, 2.24) is 0 Å². The van der Waals surface area contributed by atoms with Crippen LogP contribution in [0.25, 0.3) is 6.08 Å². The van der Waals surface area contributed by atoms with Gasteiger partial charge in [0.2, 0.25) is 0 Å². The number of rotatable bonds is 4. The van der Waals surface area contributed by atoms with Gasteiger partial charge in [0.05, 0.1) is 11.1 Å². The highest BCUT2D eigenvalue weighted by Gasteiger charge is 2.17. The predicted molar refractivity (Wildman–Crippen MR) is 77.7 cm³/mol. The molecule has 0 saturated heterocycles. The Balaban J connectivity index is 2.40. The highest BCUT2D eigenvalue weighted by Crippen LogP contribution is 2.15. The summed E-state index contributed by atoms with van der Waals surface area (Å²) >= 11 is 0. The maximum absolute atomic E-state index is 11.0. The molecular formula is C17H15O2+. The summed E-state index contributed by atoms with van der Waals surface area (Å²) in [6.07, 6.45) is 3.22. The summed E-state index contributed by atoms with van der Waals surface area (Å²) in [5, 5.41) is 0. The lowest BCUT2D eigenvalue weighted by Gasteiger charge is -2.00. The molecule has 2 nitrogen and oxygen atoms in total. The maximum atomic E-state index is 11.0. The van der Waals surface area contributed by atoms with Crippen molar-refractivity contribution in [3.05, 3.63) is 77.4 Å². The minimum atomic E-state index is -0.0194. The van der Waals surface area contributed by atoms with E-state index in [1.807, 2.05) is 54.6 Å². The van der Waals surface area contributed by atoms with E-state index >= 15 is 0 Å². The summed E-state index contributed by atoms with van der Waals surface area (Å²) < 4.78 is 0. The van der Waals surface area contributed by atoms with Gasteiger partial charge in [0.1, 0.15) is 0 Å². The van der Waals surface area contributed by atoms with E-state index < -0.39 is 0 Å². The molecule has 0 saturated carbocycles. The minimum Gasteiger partial charge on any atom is -0.295 e. The zero-order valence-corrected chi connectivity index (χ0v) is 10.7. The molecule has 0 aromatic heterocycles. The van der Waals surface area contributed by atoms with E-state index in [4.69, 9.17) is 0 Å². The van der Waals surface area contributed by atoms with Crippen molar-refractivity contribution >= 4 is 17.6 Å². The molecule has 0 fully saturated rings. The van der Waals surface area contributed by atoms with Gasteiger partial charge in [-0.05, 0) is 36.8 Å². The Hall–Kier alpha value is -2.48. The number of allylic oxidation sites excluding steroid dienone is 1. The lowest BCUT2D eigenvalue weighted by Crippen LogP contribution is -2.04. The summed E-state index contributed by atoms with van der Waals surface area (Å²) in [5.74, 6) is 0.193. The third-order valence-corrected chi connectivity index (χ3v) is 2.76. The molecule has 1 N–H and O–H groups in total. The monoisotopic (exact) mass is 251 g/mol. The Bertz CT molecular complexity index is 625. The van der Waals surface area contributed by atoms with Gasteiger partial charge in [0.25, 0.3) is 0 Å². The number of hydrogen-bond donors (Lipinski definition) is 0. The summed E-state index contributed by atoms with van der Waals surface area (Å²) in [4.78, 5) is 21.3. The van der Waals surface area contributed by atoms with Crippen LogP contribution >= 0.6 is 0 Å². The number of carbonyl (C=O) groups excluding carboxylic acids is 2. The first-order chi connectivity index (χ1) is 9.18. The van der Waals surface area contributed by atoms with Crippen LogP contribution in [0.5, 0.6) is 0 Å². The van der Waals surface area contributed by atoms with Gasteiger partial charge in [-0.25, -0.2) is 0 Å². The average molecular weight is 251 g/mol. The molecule has 2 aromatic rings. The van der Waals surface area contributed by atoms with E-state index in [1.54, 1.807) is 6.08 Å². The SMILES string of the molecule is CC(=O)/C=C/c1ccccc1C(=[OH+])c1ccccc1. The van der Waals surface area contributed by atoms with E-state index in [1.165, 1.54) is 13.0 Å². The first-order valence-electron chi connectivity index (χ1n) is 6.08. The van der Waals surface area contributed by atoms with Crippen LogP contribution in [0, 0.1) is 0 Å². The van der Waals surface area contributed by atoms with Gasteiger partial charge in [0.15, 0.2) is 5.78 Å². The standard InChI is InChI=1S/C17H14O2/c1-13(18)11-12-14-7-5-6-10-16(14)17(19)15-8-3-2-4-9-15/h2-12H,1H3/p+1/b12-11+. The van der Waals surface area contributed by atoms with Crippen molar-refractivity contribution in [2.45, 2.75) is 6.92 Å². The van der Waals surface area contributed by atoms with Gasteiger partial charge in [-0.1, -0.05) is 42.5 Å². The molecule has 94 valence electrons. The molecule has 0 heterocycles. The molecule has 0 aliphatic carbocycles. The van der Waals surface area contributed by atoms with Gasteiger partial charge >= 0.3 is 5.78 Å². The summed E-state index contributed by atoms with van der Waals surface area (Å²) in [6, 6.07) is 16.8. The molecule has 2 heteroatoms. The first kappa shape index (κ1) is 13.0. The Morgan fingerprint density at radius 2 is 1.63 bits per heavy atom. The predicted octanol–water partition coefficient (Wildman–Crippen LogP) is 3.23. The van der Waals surface area contributed by atoms with Crippen LogP contribution in [0.15, 0.2) is 60.7 Å². The average Bonchev–Trinajstić information content (AvgIpc) is 2.45. The van der Waals surface area contributed by atoms with Crippen LogP contribution < -0.4 is 0 Å². The van der Waals surface area contributed by atoms with Crippen LogP contribution in [0.2, 0.25) is 0 Å². The van der Waals surface area contributed by atoms with Crippen LogP contribution in [-0.4, -0.2) is 16.4 Å². The zero-order valence-electron chi connectivity index (χ0n) is 10.7.